The predicted molar refractivity (Wildman–Crippen MR) is 113 cm³/mol. The number of anilines is 1. The molecule has 1 aromatic heterocycles. The summed E-state index contributed by atoms with van der Waals surface area (Å²) in [6.45, 7) is 4.77. The van der Waals surface area contributed by atoms with E-state index in [0.29, 0.717) is 0 Å². The topological polar surface area (TPSA) is 48.8 Å². The molecule has 2 heterocycles. The maximum Gasteiger partial charge on any atom is 0.132 e. The molecule has 1 saturated heterocycles. The first-order chi connectivity index (χ1) is 13.7. The highest BCUT2D eigenvalue weighted by atomic mass is 32.1. The third kappa shape index (κ3) is 4.19. The number of aliphatic hydroxyl groups excluding tert-OH is 1. The SMILES string of the molecule is COc1cccc(CN2CCN(c3ccccc3[C@H](O)c3nccs3)CC2)c1. The fraction of sp³-hybridized carbons (Fsp3) is 0.318. The molecule has 1 aliphatic rings. The van der Waals surface area contributed by atoms with E-state index >= 15 is 0 Å². The Balaban J connectivity index is 1.43. The first-order valence-electron chi connectivity index (χ1n) is 9.51. The monoisotopic (exact) mass is 395 g/mol. The number of aromatic nitrogens is 1. The summed E-state index contributed by atoms with van der Waals surface area (Å²) >= 11 is 1.49. The van der Waals surface area contributed by atoms with Gasteiger partial charge in [0, 0.05) is 55.6 Å². The molecule has 1 atom stereocenters. The van der Waals surface area contributed by atoms with Crippen LogP contribution in [0.4, 0.5) is 5.69 Å². The van der Waals surface area contributed by atoms with Gasteiger partial charge in [0.2, 0.25) is 0 Å². The van der Waals surface area contributed by atoms with Crippen molar-refractivity contribution in [3.8, 4) is 5.75 Å². The van der Waals surface area contributed by atoms with Crippen LogP contribution >= 0.6 is 11.3 Å². The number of piperazine rings is 1. The Hall–Kier alpha value is -2.41. The number of nitrogens with zero attached hydrogens (tertiary/aromatic N) is 3. The van der Waals surface area contributed by atoms with Crippen LogP contribution in [0.1, 0.15) is 22.2 Å². The molecule has 0 aliphatic carbocycles. The molecule has 0 spiro atoms. The van der Waals surface area contributed by atoms with Crippen molar-refractivity contribution in [2.75, 3.05) is 38.2 Å². The van der Waals surface area contributed by atoms with Gasteiger partial charge >= 0.3 is 0 Å². The van der Waals surface area contributed by atoms with Crippen molar-refractivity contribution in [3.63, 3.8) is 0 Å². The average Bonchev–Trinajstić information content (AvgIpc) is 3.29. The van der Waals surface area contributed by atoms with Gasteiger partial charge in [-0.2, -0.15) is 0 Å². The summed E-state index contributed by atoms with van der Waals surface area (Å²) in [5.41, 5.74) is 3.30. The first kappa shape index (κ1) is 18.9. The lowest BCUT2D eigenvalue weighted by atomic mass is 10.1. The number of benzene rings is 2. The molecule has 146 valence electrons. The smallest absolute Gasteiger partial charge is 0.132 e. The Kier molecular flexibility index (Phi) is 5.90. The van der Waals surface area contributed by atoms with Crippen molar-refractivity contribution in [1.82, 2.24) is 9.88 Å². The highest BCUT2D eigenvalue weighted by molar-refractivity contribution is 7.09. The quantitative estimate of drug-likeness (QED) is 0.692. The number of thiazole rings is 1. The zero-order valence-corrected chi connectivity index (χ0v) is 16.8. The number of hydrogen-bond acceptors (Lipinski definition) is 6. The Labute approximate surface area is 169 Å². The second-order valence-electron chi connectivity index (χ2n) is 6.95. The molecule has 28 heavy (non-hydrogen) atoms. The maximum absolute atomic E-state index is 10.8. The molecular weight excluding hydrogens is 370 g/mol. The van der Waals surface area contributed by atoms with Gasteiger partial charge in [-0.3, -0.25) is 4.90 Å². The zero-order valence-electron chi connectivity index (χ0n) is 16.0. The van der Waals surface area contributed by atoms with Crippen LogP contribution in [0.25, 0.3) is 0 Å². The molecule has 6 heteroatoms. The van der Waals surface area contributed by atoms with Crippen molar-refractivity contribution in [3.05, 3.63) is 76.2 Å². The highest BCUT2D eigenvalue weighted by Gasteiger charge is 2.23. The Bertz CT molecular complexity index is 892. The molecule has 4 rings (SSSR count). The summed E-state index contributed by atoms with van der Waals surface area (Å²) in [5.74, 6) is 0.904. The van der Waals surface area contributed by atoms with E-state index in [2.05, 4.69) is 33.0 Å². The number of rotatable bonds is 6. The number of methoxy groups -OCH3 is 1. The number of hydrogen-bond donors (Lipinski definition) is 1. The molecule has 0 bridgehead atoms. The Morgan fingerprint density at radius 3 is 2.68 bits per heavy atom. The molecule has 2 aromatic carbocycles. The molecule has 0 saturated carbocycles. The minimum atomic E-state index is -0.675. The molecule has 0 unspecified atom stereocenters. The van der Waals surface area contributed by atoms with Gasteiger partial charge < -0.3 is 14.7 Å². The van der Waals surface area contributed by atoms with Crippen LogP contribution in [-0.2, 0) is 6.54 Å². The van der Waals surface area contributed by atoms with Gasteiger partial charge in [0.05, 0.1) is 7.11 Å². The standard InChI is InChI=1S/C22H25N3O2S/c1-27-18-6-4-5-17(15-18)16-24-10-12-25(13-11-24)20-8-3-2-7-19(20)21(26)22-23-9-14-28-22/h2-9,14-15,21,26H,10-13,16H2,1H3/t21-/m0/s1. The fourth-order valence-corrected chi connectivity index (χ4v) is 4.32. The highest BCUT2D eigenvalue weighted by Crippen LogP contribution is 2.32. The van der Waals surface area contributed by atoms with Crippen molar-refractivity contribution in [2.45, 2.75) is 12.6 Å². The van der Waals surface area contributed by atoms with Crippen molar-refractivity contribution >= 4 is 17.0 Å². The lowest BCUT2D eigenvalue weighted by molar-refractivity contribution is 0.218. The number of ether oxygens (including phenoxy) is 1. The summed E-state index contributed by atoms with van der Waals surface area (Å²) in [6, 6.07) is 16.4. The van der Waals surface area contributed by atoms with Crippen LogP contribution in [0.5, 0.6) is 5.75 Å². The van der Waals surface area contributed by atoms with E-state index < -0.39 is 6.10 Å². The van der Waals surface area contributed by atoms with Crippen molar-refractivity contribution in [1.29, 1.82) is 0 Å². The van der Waals surface area contributed by atoms with E-state index in [0.717, 1.165) is 54.7 Å². The lowest BCUT2D eigenvalue weighted by Crippen LogP contribution is -2.46. The largest absolute Gasteiger partial charge is 0.497 e. The Morgan fingerprint density at radius 2 is 1.93 bits per heavy atom. The van der Waals surface area contributed by atoms with Gasteiger partial charge in [0.1, 0.15) is 16.9 Å². The summed E-state index contributed by atoms with van der Waals surface area (Å²) in [5, 5.41) is 13.4. The maximum atomic E-state index is 10.8. The van der Waals surface area contributed by atoms with Crippen LogP contribution in [0.3, 0.4) is 0 Å². The van der Waals surface area contributed by atoms with E-state index in [4.69, 9.17) is 4.74 Å². The molecule has 0 amide bonds. The lowest BCUT2D eigenvalue weighted by Gasteiger charge is -2.37. The summed E-state index contributed by atoms with van der Waals surface area (Å²) in [4.78, 5) is 9.12. The molecular formula is C22H25N3O2S. The van der Waals surface area contributed by atoms with Gasteiger partial charge in [-0.25, -0.2) is 4.98 Å². The van der Waals surface area contributed by atoms with E-state index in [9.17, 15) is 5.11 Å². The van der Waals surface area contributed by atoms with Crippen molar-refractivity contribution < 1.29 is 9.84 Å². The third-order valence-corrected chi connectivity index (χ3v) is 6.00. The summed E-state index contributed by atoms with van der Waals surface area (Å²) in [6.07, 6.45) is 1.06. The minimum absolute atomic E-state index is 0.675. The average molecular weight is 396 g/mol. The fourth-order valence-electron chi connectivity index (χ4n) is 3.69. The van der Waals surface area contributed by atoms with Crippen LogP contribution in [0.2, 0.25) is 0 Å². The molecule has 1 aliphatic heterocycles. The van der Waals surface area contributed by atoms with Gasteiger partial charge in [0.25, 0.3) is 0 Å². The van der Waals surface area contributed by atoms with Crippen LogP contribution < -0.4 is 9.64 Å². The molecule has 1 fully saturated rings. The van der Waals surface area contributed by atoms with E-state index in [1.54, 1.807) is 13.3 Å². The summed E-state index contributed by atoms with van der Waals surface area (Å²) in [7, 11) is 1.70. The van der Waals surface area contributed by atoms with Gasteiger partial charge in [0.15, 0.2) is 0 Å². The van der Waals surface area contributed by atoms with E-state index in [1.807, 2.05) is 35.7 Å². The molecule has 5 nitrogen and oxygen atoms in total. The van der Waals surface area contributed by atoms with Crippen LogP contribution in [0.15, 0.2) is 60.1 Å². The first-order valence-corrected chi connectivity index (χ1v) is 10.4. The Morgan fingerprint density at radius 1 is 1.11 bits per heavy atom. The zero-order chi connectivity index (χ0) is 19.3. The number of para-hydroxylation sites is 1. The predicted octanol–water partition coefficient (Wildman–Crippen LogP) is 3.56. The normalized spacial score (nSPS) is 16.1. The van der Waals surface area contributed by atoms with Crippen LogP contribution in [0, 0.1) is 0 Å². The van der Waals surface area contributed by atoms with Crippen LogP contribution in [-0.4, -0.2) is 48.3 Å². The van der Waals surface area contributed by atoms with E-state index in [1.165, 1.54) is 16.9 Å². The second-order valence-corrected chi connectivity index (χ2v) is 7.87. The minimum Gasteiger partial charge on any atom is -0.497 e. The van der Waals surface area contributed by atoms with E-state index in [-0.39, 0.29) is 0 Å². The third-order valence-electron chi connectivity index (χ3n) is 5.17. The van der Waals surface area contributed by atoms with Gasteiger partial charge in [-0.05, 0) is 23.8 Å². The molecule has 3 aromatic rings. The summed E-state index contributed by atoms with van der Waals surface area (Å²) < 4.78 is 5.33. The van der Waals surface area contributed by atoms with Crippen molar-refractivity contribution in [2.24, 2.45) is 0 Å². The second kappa shape index (κ2) is 8.73. The van der Waals surface area contributed by atoms with Gasteiger partial charge in [-0.15, -0.1) is 11.3 Å². The number of aliphatic hydroxyl groups is 1. The molecule has 0 radical (unpaired) electrons. The van der Waals surface area contributed by atoms with Gasteiger partial charge in [-0.1, -0.05) is 30.3 Å². The molecule has 1 N–H and O–H groups in total.